The second kappa shape index (κ2) is 6.06. The summed E-state index contributed by atoms with van der Waals surface area (Å²) in [5.74, 6) is 0. The first-order valence-corrected chi connectivity index (χ1v) is 7.43. The minimum atomic E-state index is 0.900. The number of benzene rings is 2. The summed E-state index contributed by atoms with van der Waals surface area (Å²) in [6, 6.07) is 17.3. The van der Waals surface area contributed by atoms with E-state index in [1.165, 1.54) is 27.6 Å². The molecule has 0 spiro atoms. The monoisotopic (exact) mass is 276 g/mol. The number of nitrogens with one attached hydrogen (secondary N) is 1. The van der Waals surface area contributed by atoms with E-state index in [2.05, 4.69) is 66.6 Å². The van der Waals surface area contributed by atoms with Crippen molar-refractivity contribution in [2.75, 3.05) is 6.54 Å². The maximum Gasteiger partial charge on any atom is 0.0702 e. The highest BCUT2D eigenvalue weighted by Gasteiger charge is 2.06. The Morgan fingerprint density at radius 1 is 1.05 bits per heavy atom. The Labute approximate surface area is 125 Å². The summed E-state index contributed by atoms with van der Waals surface area (Å²) in [5, 5.41) is 4.61. The summed E-state index contributed by atoms with van der Waals surface area (Å²) in [7, 11) is 0. The lowest BCUT2D eigenvalue weighted by atomic mass is 9.96. The van der Waals surface area contributed by atoms with Crippen molar-refractivity contribution < 1.29 is 0 Å². The van der Waals surface area contributed by atoms with Crippen molar-refractivity contribution in [2.45, 2.75) is 20.4 Å². The van der Waals surface area contributed by atoms with Crippen LogP contribution in [0.5, 0.6) is 0 Å². The predicted octanol–water partition coefficient (Wildman–Crippen LogP) is 4.32. The SMILES string of the molecule is CCNCc1ccc(C)cc1-c1ccc2ncccc2c1. The maximum atomic E-state index is 4.39. The van der Waals surface area contributed by atoms with Crippen molar-refractivity contribution in [1.82, 2.24) is 10.3 Å². The van der Waals surface area contributed by atoms with E-state index in [0.29, 0.717) is 0 Å². The fourth-order valence-corrected chi connectivity index (χ4v) is 2.62. The molecule has 0 saturated carbocycles. The summed E-state index contributed by atoms with van der Waals surface area (Å²) >= 11 is 0. The van der Waals surface area contributed by atoms with Crippen LogP contribution in [0.15, 0.2) is 54.7 Å². The lowest BCUT2D eigenvalue weighted by molar-refractivity contribution is 0.728. The van der Waals surface area contributed by atoms with Crippen LogP contribution in [0.25, 0.3) is 22.0 Å². The van der Waals surface area contributed by atoms with Gasteiger partial charge < -0.3 is 5.32 Å². The minimum Gasteiger partial charge on any atom is -0.313 e. The molecule has 1 N–H and O–H groups in total. The van der Waals surface area contributed by atoms with Crippen LogP contribution in [0.3, 0.4) is 0 Å². The molecule has 1 aromatic heterocycles. The first-order valence-electron chi connectivity index (χ1n) is 7.43. The van der Waals surface area contributed by atoms with Crippen molar-refractivity contribution in [3.8, 4) is 11.1 Å². The first-order chi connectivity index (χ1) is 10.3. The molecule has 0 atom stereocenters. The largest absolute Gasteiger partial charge is 0.313 e. The Balaban J connectivity index is 2.09. The molecule has 21 heavy (non-hydrogen) atoms. The Hall–Kier alpha value is -2.19. The lowest BCUT2D eigenvalue weighted by Gasteiger charge is -2.12. The highest BCUT2D eigenvalue weighted by atomic mass is 14.8. The summed E-state index contributed by atoms with van der Waals surface area (Å²) in [6.45, 7) is 6.16. The second-order valence-corrected chi connectivity index (χ2v) is 5.35. The lowest BCUT2D eigenvalue weighted by Crippen LogP contribution is -2.12. The average Bonchev–Trinajstić information content (AvgIpc) is 2.53. The zero-order chi connectivity index (χ0) is 14.7. The Kier molecular flexibility index (Phi) is 3.98. The zero-order valence-corrected chi connectivity index (χ0v) is 12.6. The predicted molar refractivity (Wildman–Crippen MR) is 89.3 cm³/mol. The number of pyridine rings is 1. The molecule has 0 radical (unpaired) electrons. The Morgan fingerprint density at radius 2 is 1.95 bits per heavy atom. The van der Waals surface area contributed by atoms with Gasteiger partial charge in [0.2, 0.25) is 0 Å². The van der Waals surface area contributed by atoms with E-state index in [-0.39, 0.29) is 0 Å². The number of nitrogens with zero attached hydrogens (tertiary/aromatic N) is 1. The van der Waals surface area contributed by atoms with Crippen LogP contribution in [0.1, 0.15) is 18.1 Å². The number of aryl methyl sites for hydroxylation is 1. The van der Waals surface area contributed by atoms with E-state index in [1.807, 2.05) is 12.3 Å². The van der Waals surface area contributed by atoms with Gasteiger partial charge in [-0.1, -0.05) is 42.8 Å². The van der Waals surface area contributed by atoms with Crippen LogP contribution in [0, 0.1) is 6.92 Å². The molecule has 0 aliphatic rings. The highest BCUT2D eigenvalue weighted by Crippen LogP contribution is 2.27. The van der Waals surface area contributed by atoms with Gasteiger partial charge in [-0.2, -0.15) is 0 Å². The van der Waals surface area contributed by atoms with Crippen molar-refractivity contribution >= 4 is 10.9 Å². The Morgan fingerprint density at radius 3 is 2.81 bits per heavy atom. The van der Waals surface area contributed by atoms with Crippen molar-refractivity contribution in [2.24, 2.45) is 0 Å². The van der Waals surface area contributed by atoms with E-state index in [4.69, 9.17) is 0 Å². The highest BCUT2D eigenvalue weighted by molar-refractivity contribution is 5.85. The molecule has 2 heteroatoms. The third-order valence-corrected chi connectivity index (χ3v) is 3.74. The standard InChI is InChI=1S/C19H20N2/c1-3-20-13-17-7-6-14(2)11-18(17)15-8-9-19-16(12-15)5-4-10-21-19/h4-12,20H,3,13H2,1-2H3. The van der Waals surface area contributed by atoms with E-state index in [9.17, 15) is 0 Å². The molecule has 0 aliphatic carbocycles. The van der Waals surface area contributed by atoms with Gasteiger partial charge in [-0.05, 0) is 48.4 Å². The topological polar surface area (TPSA) is 24.9 Å². The smallest absolute Gasteiger partial charge is 0.0702 e. The van der Waals surface area contributed by atoms with Gasteiger partial charge in [-0.15, -0.1) is 0 Å². The van der Waals surface area contributed by atoms with Gasteiger partial charge in [0.05, 0.1) is 5.52 Å². The van der Waals surface area contributed by atoms with Gasteiger partial charge in [0, 0.05) is 18.1 Å². The fraction of sp³-hybridized carbons (Fsp3) is 0.211. The summed E-state index contributed by atoms with van der Waals surface area (Å²) < 4.78 is 0. The van der Waals surface area contributed by atoms with Gasteiger partial charge in [-0.3, -0.25) is 4.98 Å². The molecular weight excluding hydrogens is 256 g/mol. The molecule has 0 bridgehead atoms. The molecule has 1 heterocycles. The quantitative estimate of drug-likeness (QED) is 0.767. The van der Waals surface area contributed by atoms with Crippen LogP contribution < -0.4 is 5.32 Å². The zero-order valence-electron chi connectivity index (χ0n) is 12.6. The van der Waals surface area contributed by atoms with Gasteiger partial charge in [0.1, 0.15) is 0 Å². The van der Waals surface area contributed by atoms with E-state index in [0.717, 1.165) is 18.6 Å². The molecule has 2 nitrogen and oxygen atoms in total. The van der Waals surface area contributed by atoms with E-state index in [1.54, 1.807) is 0 Å². The van der Waals surface area contributed by atoms with Gasteiger partial charge in [0.15, 0.2) is 0 Å². The van der Waals surface area contributed by atoms with Crippen LogP contribution in [-0.4, -0.2) is 11.5 Å². The minimum absolute atomic E-state index is 0.900. The van der Waals surface area contributed by atoms with Crippen LogP contribution >= 0.6 is 0 Å². The molecule has 3 aromatic rings. The normalized spacial score (nSPS) is 11.0. The third-order valence-electron chi connectivity index (χ3n) is 3.74. The van der Waals surface area contributed by atoms with Gasteiger partial charge >= 0.3 is 0 Å². The average molecular weight is 276 g/mol. The summed E-state index contributed by atoms with van der Waals surface area (Å²) in [5.41, 5.74) is 6.23. The first kappa shape index (κ1) is 13.8. The third kappa shape index (κ3) is 2.96. The van der Waals surface area contributed by atoms with Gasteiger partial charge in [-0.25, -0.2) is 0 Å². The number of fused-ring (bicyclic) bond motifs is 1. The maximum absolute atomic E-state index is 4.39. The summed E-state index contributed by atoms with van der Waals surface area (Å²) in [4.78, 5) is 4.39. The number of hydrogen-bond donors (Lipinski definition) is 1. The van der Waals surface area contributed by atoms with E-state index >= 15 is 0 Å². The van der Waals surface area contributed by atoms with Crippen LogP contribution in [0.4, 0.5) is 0 Å². The number of aromatic nitrogens is 1. The Bertz CT molecular complexity index is 762. The molecule has 106 valence electrons. The van der Waals surface area contributed by atoms with E-state index < -0.39 is 0 Å². The van der Waals surface area contributed by atoms with Gasteiger partial charge in [0.25, 0.3) is 0 Å². The molecule has 0 saturated heterocycles. The second-order valence-electron chi connectivity index (χ2n) is 5.35. The molecule has 3 rings (SSSR count). The number of rotatable bonds is 4. The van der Waals surface area contributed by atoms with Crippen LogP contribution in [0.2, 0.25) is 0 Å². The molecular formula is C19H20N2. The van der Waals surface area contributed by atoms with Crippen LogP contribution in [-0.2, 0) is 6.54 Å². The summed E-state index contributed by atoms with van der Waals surface area (Å²) in [6.07, 6.45) is 1.84. The van der Waals surface area contributed by atoms with Crippen molar-refractivity contribution in [1.29, 1.82) is 0 Å². The van der Waals surface area contributed by atoms with Crippen molar-refractivity contribution in [3.05, 3.63) is 65.9 Å². The molecule has 0 amide bonds. The number of hydrogen-bond acceptors (Lipinski definition) is 2. The molecule has 0 unspecified atom stereocenters. The van der Waals surface area contributed by atoms with Crippen molar-refractivity contribution in [3.63, 3.8) is 0 Å². The molecule has 2 aromatic carbocycles. The molecule has 0 fully saturated rings. The molecule has 0 aliphatic heterocycles. The fourth-order valence-electron chi connectivity index (χ4n) is 2.62.